The fourth-order valence-electron chi connectivity index (χ4n) is 1.36. The number of pyridine rings is 1. The number of halogens is 1. The van der Waals surface area contributed by atoms with Gasteiger partial charge in [-0.1, -0.05) is 0 Å². The predicted octanol–water partition coefficient (Wildman–Crippen LogP) is 2.54. The van der Waals surface area contributed by atoms with Crippen LogP contribution in [0.1, 0.15) is 5.69 Å². The number of nitrogens with one attached hydrogen (secondary N) is 1. The molecule has 0 aliphatic heterocycles. The van der Waals surface area contributed by atoms with Crippen LogP contribution in [-0.2, 0) is 7.05 Å². The Kier molecular flexibility index (Phi) is 3.28. The molecule has 18 heavy (non-hydrogen) atoms. The lowest BCUT2D eigenvalue weighted by Gasteiger charge is -2.03. The van der Waals surface area contributed by atoms with Crippen molar-refractivity contribution in [1.82, 2.24) is 14.8 Å². The second kappa shape index (κ2) is 4.73. The first-order valence-corrected chi connectivity index (χ1v) is 5.84. The van der Waals surface area contributed by atoms with E-state index in [0.29, 0.717) is 16.1 Å². The number of rotatable bonds is 3. The lowest BCUT2D eigenvalue weighted by atomic mass is 10.4. The van der Waals surface area contributed by atoms with Crippen molar-refractivity contribution < 1.29 is 4.92 Å². The molecule has 0 spiro atoms. The number of hydrogen-bond acceptors (Lipinski definition) is 5. The fourth-order valence-corrected chi connectivity index (χ4v) is 1.80. The number of nitrogens with zero attached hydrogens (tertiary/aromatic N) is 4. The van der Waals surface area contributed by atoms with Crippen LogP contribution in [0.15, 0.2) is 22.8 Å². The molecular weight excluding hydrogens is 302 g/mol. The SMILES string of the molecule is Cc1cc(Nc2ncc([N+](=O)[O-])cc2Br)nn1C. The quantitative estimate of drug-likeness (QED) is 0.695. The Morgan fingerprint density at radius 3 is 2.72 bits per heavy atom. The molecule has 0 amide bonds. The van der Waals surface area contributed by atoms with Gasteiger partial charge in [-0.05, 0) is 22.9 Å². The van der Waals surface area contributed by atoms with Crippen LogP contribution < -0.4 is 5.32 Å². The molecule has 2 heterocycles. The predicted molar refractivity (Wildman–Crippen MR) is 69.8 cm³/mol. The molecule has 0 saturated carbocycles. The molecule has 94 valence electrons. The van der Waals surface area contributed by atoms with Crippen LogP contribution in [0.25, 0.3) is 0 Å². The maximum atomic E-state index is 10.6. The molecule has 1 N–H and O–H groups in total. The third kappa shape index (κ3) is 2.48. The largest absolute Gasteiger partial charge is 0.323 e. The lowest BCUT2D eigenvalue weighted by Crippen LogP contribution is -1.98. The summed E-state index contributed by atoms with van der Waals surface area (Å²) in [4.78, 5) is 14.1. The molecule has 0 unspecified atom stereocenters. The number of aromatic nitrogens is 3. The van der Waals surface area contributed by atoms with Gasteiger partial charge in [0.25, 0.3) is 5.69 Å². The van der Waals surface area contributed by atoms with E-state index >= 15 is 0 Å². The Balaban J connectivity index is 2.27. The van der Waals surface area contributed by atoms with Gasteiger partial charge in [-0.2, -0.15) is 5.10 Å². The molecule has 8 heteroatoms. The van der Waals surface area contributed by atoms with E-state index in [9.17, 15) is 10.1 Å². The van der Waals surface area contributed by atoms with Crippen LogP contribution in [-0.4, -0.2) is 19.7 Å². The van der Waals surface area contributed by atoms with Crippen molar-refractivity contribution in [1.29, 1.82) is 0 Å². The highest BCUT2D eigenvalue weighted by Gasteiger charge is 2.11. The van der Waals surface area contributed by atoms with Crippen LogP contribution in [0, 0.1) is 17.0 Å². The molecule has 0 saturated heterocycles. The summed E-state index contributed by atoms with van der Waals surface area (Å²) in [6.45, 7) is 1.93. The van der Waals surface area contributed by atoms with E-state index < -0.39 is 4.92 Å². The number of aryl methyl sites for hydroxylation is 2. The minimum atomic E-state index is -0.494. The maximum absolute atomic E-state index is 10.6. The first-order valence-electron chi connectivity index (χ1n) is 5.05. The van der Waals surface area contributed by atoms with E-state index in [1.54, 1.807) is 4.68 Å². The van der Waals surface area contributed by atoms with Gasteiger partial charge in [-0.3, -0.25) is 14.8 Å². The standard InChI is InChI=1S/C10H10BrN5O2/c1-6-3-9(14-15(6)2)13-10-8(11)4-7(5-12-10)16(17)18/h3-5H,1-2H3,(H,12,13,14). The normalized spacial score (nSPS) is 10.4. The molecule has 0 aliphatic carbocycles. The second-order valence-electron chi connectivity index (χ2n) is 3.70. The fraction of sp³-hybridized carbons (Fsp3) is 0.200. The van der Waals surface area contributed by atoms with Gasteiger partial charge in [-0.15, -0.1) is 0 Å². The summed E-state index contributed by atoms with van der Waals surface area (Å²) in [5, 5.41) is 17.8. The summed E-state index contributed by atoms with van der Waals surface area (Å²) >= 11 is 3.23. The molecule has 0 fully saturated rings. The Morgan fingerprint density at radius 2 is 2.22 bits per heavy atom. The minimum absolute atomic E-state index is 0.0652. The van der Waals surface area contributed by atoms with Crippen molar-refractivity contribution in [2.45, 2.75) is 6.92 Å². The average molecular weight is 312 g/mol. The highest BCUT2D eigenvalue weighted by molar-refractivity contribution is 9.10. The van der Waals surface area contributed by atoms with Crippen molar-refractivity contribution in [2.24, 2.45) is 7.05 Å². The van der Waals surface area contributed by atoms with Crippen LogP contribution in [0.2, 0.25) is 0 Å². The second-order valence-corrected chi connectivity index (χ2v) is 4.55. The van der Waals surface area contributed by atoms with Crippen molar-refractivity contribution in [3.63, 3.8) is 0 Å². The topological polar surface area (TPSA) is 85.9 Å². The molecule has 0 aromatic carbocycles. The molecule has 0 atom stereocenters. The lowest BCUT2D eigenvalue weighted by molar-refractivity contribution is -0.385. The van der Waals surface area contributed by atoms with E-state index in [0.717, 1.165) is 5.69 Å². The molecule has 2 aromatic rings. The summed E-state index contributed by atoms with van der Waals surface area (Å²) < 4.78 is 2.24. The third-order valence-corrected chi connectivity index (χ3v) is 3.00. The van der Waals surface area contributed by atoms with Gasteiger partial charge in [0.15, 0.2) is 5.82 Å². The number of hydrogen-bond donors (Lipinski definition) is 1. The zero-order valence-electron chi connectivity index (χ0n) is 9.72. The van der Waals surface area contributed by atoms with E-state index in [1.165, 1.54) is 12.3 Å². The smallest absolute Gasteiger partial charge is 0.288 e. The Hall–Kier alpha value is -1.96. The average Bonchev–Trinajstić information content (AvgIpc) is 2.61. The molecule has 0 bridgehead atoms. The first-order chi connectivity index (χ1) is 8.47. The monoisotopic (exact) mass is 311 g/mol. The highest BCUT2D eigenvalue weighted by atomic mass is 79.9. The van der Waals surface area contributed by atoms with Crippen LogP contribution in [0.4, 0.5) is 17.3 Å². The third-order valence-electron chi connectivity index (χ3n) is 2.40. The van der Waals surface area contributed by atoms with Gasteiger partial charge >= 0.3 is 0 Å². The Labute approximate surface area is 111 Å². The number of nitro groups is 1. The maximum Gasteiger partial charge on any atom is 0.288 e. The van der Waals surface area contributed by atoms with Gasteiger partial charge in [-0.25, -0.2) is 4.98 Å². The van der Waals surface area contributed by atoms with E-state index in [4.69, 9.17) is 0 Å². The van der Waals surface area contributed by atoms with Crippen LogP contribution in [0.3, 0.4) is 0 Å². The van der Waals surface area contributed by atoms with Crippen molar-refractivity contribution in [3.05, 3.63) is 38.6 Å². The Morgan fingerprint density at radius 1 is 1.50 bits per heavy atom. The summed E-state index contributed by atoms with van der Waals surface area (Å²) in [6, 6.07) is 3.25. The summed E-state index contributed by atoms with van der Waals surface area (Å²) in [7, 11) is 1.83. The van der Waals surface area contributed by atoms with Gasteiger partial charge in [0, 0.05) is 24.9 Å². The number of anilines is 2. The van der Waals surface area contributed by atoms with Crippen LogP contribution in [0.5, 0.6) is 0 Å². The molecule has 0 aliphatic rings. The summed E-state index contributed by atoms with van der Waals surface area (Å²) in [6.07, 6.45) is 1.20. The zero-order valence-corrected chi connectivity index (χ0v) is 11.3. The van der Waals surface area contributed by atoms with Gasteiger partial charge in [0.2, 0.25) is 0 Å². The van der Waals surface area contributed by atoms with Crippen LogP contribution >= 0.6 is 15.9 Å². The summed E-state index contributed by atoms with van der Waals surface area (Å²) in [5.41, 5.74) is 0.931. The Bertz CT molecular complexity index is 591. The van der Waals surface area contributed by atoms with Crippen molar-refractivity contribution in [3.8, 4) is 0 Å². The van der Waals surface area contributed by atoms with E-state index in [1.807, 2.05) is 20.0 Å². The minimum Gasteiger partial charge on any atom is -0.323 e. The van der Waals surface area contributed by atoms with Crippen molar-refractivity contribution >= 4 is 33.3 Å². The van der Waals surface area contributed by atoms with Gasteiger partial charge < -0.3 is 5.32 Å². The molecule has 2 rings (SSSR count). The summed E-state index contributed by atoms with van der Waals surface area (Å²) in [5.74, 6) is 1.12. The molecule has 0 radical (unpaired) electrons. The van der Waals surface area contributed by atoms with Crippen molar-refractivity contribution in [2.75, 3.05) is 5.32 Å². The zero-order chi connectivity index (χ0) is 13.3. The molecule has 7 nitrogen and oxygen atoms in total. The van der Waals surface area contributed by atoms with Gasteiger partial charge in [0.1, 0.15) is 12.0 Å². The highest BCUT2D eigenvalue weighted by Crippen LogP contribution is 2.26. The van der Waals surface area contributed by atoms with E-state index in [2.05, 4.69) is 31.3 Å². The molecule has 2 aromatic heterocycles. The van der Waals surface area contributed by atoms with E-state index in [-0.39, 0.29) is 5.69 Å². The van der Waals surface area contributed by atoms with Gasteiger partial charge in [0.05, 0.1) is 9.40 Å². The first kappa shape index (κ1) is 12.5. The molecular formula is C10H10BrN5O2.